The summed E-state index contributed by atoms with van der Waals surface area (Å²) < 4.78 is 22.1. The first kappa shape index (κ1) is 21.8. The third-order valence-electron chi connectivity index (χ3n) is 5.45. The van der Waals surface area contributed by atoms with E-state index < -0.39 is 0 Å². The first-order valence-corrected chi connectivity index (χ1v) is 10.6. The molecule has 32 heavy (non-hydrogen) atoms. The van der Waals surface area contributed by atoms with Crippen LogP contribution in [0.2, 0.25) is 0 Å². The summed E-state index contributed by atoms with van der Waals surface area (Å²) in [5, 5.41) is 4.66. The average molecular weight is 437 g/mol. The second-order valence-electron chi connectivity index (χ2n) is 7.75. The number of amides is 1. The Hall–Kier alpha value is -3.39. The molecule has 1 saturated heterocycles. The van der Waals surface area contributed by atoms with E-state index in [2.05, 4.69) is 16.7 Å². The number of rotatable bonds is 9. The molecule has 168 valence electrons. The summed E-state index contributed by atoms with van der Waals surface area (Å²) in [6.07, 6.45) is 5.17. The molecule has 1 aliphatic rings. The van der Waals surface area contributed by atoms with Gasteiger partial charge in [0.05, 0.1) is 29.9 Å². The molecule has 1 aliphatic heterocycles. The molecule has 0 spiro atoms. The summed E-state index contributed by atoms with van der Waals surface area (Å²) >= 11 is 0. The Morgan fingerprint density at radius 3 is 2.97 bits per heavy atom. The second kappa shape index (κ2) is 9.82. The molecular formula is C24H27N3O5. The third-order valence-corrected chi connectivity index (χ3v) is 5.45. The maximum atomic E-state index is 13.5. The fraction of sp³-hybridized carbons (Fsp3) is 0.375. The molecule has 1 aromatic carbocycles. The molecule has 0 bridgehead atoms. The van der Waals surface area contributed by atoms with Gasteiger partial charge in [0, 0.05) is 25.9 Å². The van der Waals surface area contributed by atoms with Crippen LogP contribution in [-0.2, 0) is 11.3 Å². The monoisotopic (exact) mass is 437 g/mol. The lowest BCUT2D eigenvalue weighted by molar-refractivity contribution is 0.0507. The standard InChI is InChI=1S/C24H27N3O5/c1-4-9-31-21-8-7-17(11-22(21)29-3)14-27(15-19-6-5-10-30-19)24(28)18-12-20-16(2)26-32-23(20)25-13-18/h4,7-8,11-13,19H,1,5-6,9-10,14-15H2,2-3H3/t19-/m0/s1. The van der Waals surface area contributed by atoms with Crippen LogP contribution in [0, 0.1) is 6.92 Å². The van der Waals surface area contributed by atoms with Gasteiger partial charge in [0.1, 0.15) is 6.61 Å². The van der Waals surface area contributed by atoms with Gasteiger partial charge in [-0.2, -0.15) is 0 Å². The maximum Gasteiger partial charge on any atom is 0.257 e. The van der Waals surface area contributed by atoms with E-state index in [0.717, 1.165) is 30.4 Å². The van der Waals surface area contributed by atoms with Crippen molar-refractivity contribution < 1.29 is 23.5 Å². The molecule has 0 unspecified atom stereocenters. The van der Waals surface area contributed by atoms with Crippen LogP contribution < -0.4 is 9.47 Å². The smallest absolute Gasteiger partial charge is 0.257 e. The van der Waals surface area contributed by atoms with Crippen molar-refractivity contribution in [3.05, 3.63) is 59.9 Å². The van der Waals surface area contributed by atoms with Crippen LogP contribution in [-0.4, -0.2) is 53.9 Å². The lowest BCUT2D eigenvalue weighted by Gasteiger charge is -2.26. The van der Waals surface area contributed by atoms with Gasteiger partial charge >= 0.3 is 0 Å². The maximum absolute atomic E-state index is 13.5. The van der Waals surface area contributed by atoms with E-state index in [1.165, 1.54) is 6.20 Å². The lowest BCUT2D eigenvalue weighted by atomic mass is 10.1. The number of aryl methyl sites for hydroxylation is 1. The fourth-order valence-electron chi connectivity index (χ4n) is 3.80. The number of aromatic nitrogens is 2. The van der Waals surface area contributed by atoms with Crippen LogP contribution in [0.1, 0.15) is 34.5 Å². The number of pyridine rings is 1. The average Bonchev–Trinajstić information content (AvgIpc) is 3.46. The molecule has 0 N–H and O–H groups in total. The number of hydrogen-bond donors (Lipinski definition) is 0. The Kier molecular flexibility index (Phi) is 6.70. The van der Waals surface area contributed by atoms with Gasteiger partial charge < -0.3 is 23.6 Å². The summed E-state index contributed by atoms with van der Waals surface area (Å²) in [6, 6.07) is 7.45. The summed E-state index contributed by atoms with van der Waals surface area (Å²) in [5.74, 6) is 1.12. The van der Waals surface area contributed by atoms with Crippen molar-refractivity contribution in [3.63, 3.8) is 0 Å². The largest absolute Gasteiger partial charge is 0.493 e. The van der Waals surface area contributed by atoms with Crippen molar-refractivity contribution in [2.45, 2.75) is 32.4 Å². The summed E-state index contributed by atoms with van der Waals surface area (Å²) in [4.78, 5) is 19.5. The first-order valence-electron chi connectivity index (χ1n) is 10.6. The molecule has 1 atom stereocenters. The summed E-state index contributed by atoms with van der Waals surface area (Å²) in [6.45, 7) is 7.51. The molecule has 0 saturated carbocycles. The van der Waals surface area contributed by atoms with Crippen LogP contribution in [0.15, 0.2) is 47.6 Å². The molecule has 1 fully saturated rings. The predicted molar refractivity (Wildman–Crippen MR) is 119 cm³/mol. The zero-order chi connectivity index (χ0) is 22.5. The molecule has 1 amide bonds. The van der Waals surface area contributed by atoms with Crippen LogP contribution in [0.3, 0.4) is 0 Å². The molecule has 8 heteroatoms. The molecule has 3 heterocycles. The van der Waals surface area contributed by atoms with Gasteiger partial charge in [-0.15, -0.1) is 0 Å². The highest BCUT2D eigenvalue weighted by molar-refractivity contribution is 5.97. The van der Waals surface area contributed by atoms with Crippen molar-refractivity contribution >= 4 is 17.0 Å². The first-order chi connectivity index (χ1) is 15.6. The number of nitrogens with zero attached hydrogens (tertiary/aromatic N) is 3. The normalized spacial score (nSPS) is 15.6. The van der Waals surface area contributed by atoms with Gasteiger partial charge in [0.15, 0.2) is 11.5 Å². The minimum absolute atomic E-state index is 0.0186. The lowest BCUT2D eigenvalue weighted by Crippen LogP contribution is -2.37. The Bertz CT molecular complexity index is 1100. The van der Waals surface area contributed by atoms with Gasteiger partial charge in [0.25, 0.3) is 11.6 Å². The molecular weight excluding hydrogens is 410 g/mol. The number of hydrogen-bond acceptors (Lipinski definition) is 7. The third kappa shape index (κ3) is 4.75. The Labute approximate surface area is 186 Å². The highest BCUT2D eigenvalue weighted by Crippen LogP contribution is 2.29. The molecule has 8 nitrogen and oxygen atoms in total. The highest BCUT2D eigenvalue weighted by atomic mass is 16.5. The molecule has 0 aliphatic carbocycles. The van der Waals surface area contributed by atoms with Crippen LogP contribution >= 0.6 is 0 Å². The quantitative estimate of drug-likeness (QED) is 0.469. The van der Waals surface area contributed by atoms with Gasteiger partial charge in [-0.25, -0.2) is 4.98 Å². The summed E-state index contributed by atoms with van der Waals surface area (Å²) in [7, 11) is 1.59. The van der Waals surface area contributed by atoms with Crippen molar-refractivity contribution in [2.24, 2.45) is 0 Å². The molecule has 0 radical (unpaired) electrons. The van der Waals surface area contributed by atoms with Crippen LogP contribution in [0.5, 0.6) is 11.5 Å². The molecule has 3 aromatic rings. The van der Waals surface area contributed by atoms with E-state index >= 15 is 0 Å². The topological polar surface area (TPSA) is 86.9 Å². The van der Waals surface area contributed by atoms with Crippen molar-refractivity contribution in [1.29, 1.82) is 0 Å². The van der Waals surface area contributed by atoms with E-state index in [0.29, 0.717) is 48.2 Å². The minimum Gasteiger partial charge on any atom is -0.493 e. The van der Waals surface area contributed by atoms with Gasteiger partial charge in [-0.3, -0.25) is 4.79 Å². The highest BCUT2D eigenvalue weighted by Gasteiger charge is 2.25. The van der Waals surface area contributed by atoms with Crippen molar-refractivity contribution in [2.75, 3.05) is 26.9 Å². The number of ether oxygens (including phenoxy) is 3. The van der Waals surface area contributed by atoms with Gasteiger partial charge in [0.2, 0.25) is 0 Å². The SMILES string of the molecule is C=CCOc1ccc(CN(C[C@@H]2CCCO2)C(=O)c2cnc3onc(C)c3c2)cc1OC. The molecule has 2 aromatic heterocycles. The number of methoxy groups -OCH3 is 1. The fourth-order valence-corrected chi connectivity index (χ4v) is 3.80. The Morgan fingerprint density at radius 1 is 1.34 bits per heavy atom. The zero-order valence-corrected chi connectivity index (χ0v) is 18.4. The summed E-state index contributed by atoms with van der Waals surface area (Å²) in [5.41, 5.74) is 2.53. The van der Waals surface area contributed by atoms with E-state index in [-0.39, 0.29) is 12.0 Å². The number of fused-ring (bicyclic) bond motifs is 1. The van der Waals surface area contributed by atoms with Crippen molar-refractivity contribution in [3.8, 4) is 11.5 Å². The van der Waals surface area contributed by atoms with E-state index in [1.807, 2.05) is 25.1 Å². The zero-order valence-electron chi connectivity index (χ0n) is 18.4. The molecule has 4 rings (SSSR count). The van der Waals surface area contributed by atoms with E-state index in [9.17, 15) is 4.79 Å². The van der Waals surface area contributed by atoms with Gasteiger partial charge in [-0.05, 0) is 43.5 Å². The van der Waals surface area contributed by atoms with E-state index in [4.69, 9.17) is 18.7 Å². The van der Waals surface area contributed by atoms with Crippen LogP contribution in [0.4, 0.5) is 0 Å². The number of carbonyl (C=O) groups excluding carboxylic acids is 1. The minimum atomic E-state index is -0.124. The van der Waals surface area contributed by atoms with Gasteiger partial charge in [-0.1, -0.05) is 23.9 Å². The number of carbonyl (C=O) groups is 1. The predicted octanol–water partition coefficient (Wildman–Crippen LogP) is 3.93. The van der Waals surface area contributed by atoms with Crippen molar-refractivity contribution in [1.82, 2.24) is 15.0 Å². The second-order valence-corrected chi connectivity index (χ2v) is 7.75. The Morgan fingerprint density at radius 2 is 2.22 bits per heavy atom. The Balaban J connectivity index is 1.60. The van der Waals surface area contributed by atoms with Crippen LogP contribution in [0.25, 0.3) is 11.1 Å². The number of benzene rings is 1. The van der Waals surface area contributed by atoms with E-state index in [1.54, 1.807) is 24.2 Å².